The molecule has 0 aliphatic carbocycles. The monoisotopic (exact) mass is 293 g/mol. The van der Waals surface area contributed by atoms with Crippen LogP contribution in [0.2, 0.25) is 0 Å². The average molecular weight is 293 g/mol. The Morgan fingerprint density at radius 2 is 1.86 bits per heavy atom. The van der Waals surface area contributed by atoms with Gasteiger partial charge in [0.25, 0.3) is 0 Å². The number of benzene rings is 1. The van der Waals surface area contributed by atoms with E-state index in [-0.39, 0.29) is 6.04 Å². The molecule has 0 bridgehead atoms. The molecule has 0 fully saturated rings. The lowest BCUT2D eigenvalue weighted by atomic mass is 10.0. The zero-order valence-electron chi connectivity index (χ0n) is 14.0. The molecule has 1 aromatic carbocycles. The lowest BCUT2D eigenvalue weighted by Crippen LogP contribution is -2.35. The van der Waals surface area contributed by atoms with Gasteiger partial charge in [-0.1, -0.05) is 25.1 Å². The number of rotatable bonds is 10. The van der Waals surface area contributed by atoms with Gasteiger partial charge >= 0.3 is 0 Å². The second-order valence-electron chi connectivity index (χ2n) is 5.51. The first kappa shape index (κ1) is 18.0. The number of para-hydroxylation sites is 1. The second kappa shape index (κ2) is 9.77. The molecule has 0 radical (unpaired) electrons. The van der Waals surface area contributed by atoms with Crippen molar-refractivity contribution in [3.63, 3.8) is 0 Å². The zero-order valence-corrected chi connectivity index (χ0v) is 14.0. The molecule has 120 valence electrons. The van der Waals surface area contributed by atoms with Crippen LogP contribution in [-0.2, 0) is 0 Å². The maximum absolute atomic E-state index is 6.07. The number of likely N-dealkylation sites (N-methyl/N-ethyl adjacent to an activating group) is 1. The van der Waals surface area contributed by atoms with Gasteiger partial charge in [0.05, 0.1) is 12.6 Å². The fourth-order valence-corrected chi connectivity index (χ4v) is 2.64. The predicted molar refractivity (Wildman–Crippen MR) is 89.8 cm³/mol. The van der Waals surface area contributed by atoms with Crippen LogP contribution in [-0.4, -0.2) is 56.7 Å². The Labute approximate surface area is 129 Å². The summed E-state index contributed by atoms with van der Waals surface area (Å²) in [5.74, 6) is 0.960. The summed E-state index contributed by atoms with van der Waals surface area (Å²) in [5, 5.41) is 0. The first-order chi connectivity index (χ1) is 10.1. The van der Waals surface area contributed by atoms with Gasteiger partial charge in [0.15, 0.2) is 0 Å². The lowest BCUT2D eigenvalue weighted by molar-refractivity contribution is 0.196. The van der Waals surface area contributed by atoms with Crippen molar-refractivity contribution >= 4 is 0 Å². The van der Waals surface area contributed by atoms with Crippen molar-refractivity contribution in [3.05, 3.63) is 29.8 Å². The van der Waals surface area contributed by atoms with Gasteiger partial charge in [0.1, 0.15) is 5.75 Å². The molecule has 2 N–H and O–H groups in total. The van der Waals surface area contributed by atoms with E-state index in [4.69, 9.17) is 10.5 Å². The van der Waals surface area contributed by atoms with Gasteiger partial charge < -0.3 is 15.4 Å². The SMILES string of the molecule is CCOc1ccccc1C(CN)N(CC)CCCN(C)C. The molecule has 0 saturated carbocycles. The molecule has 4 heteroatoms. The Hall–Kier alpha value is -1.10. The van der Waals surface area contributed by atoms with Gasteiger partial charge in [0, 0.05) is 18.7 Å². The maximum atomic E-state index is 6.07. The van der Waals surface area contributed by atoms with Crippen LogP contribution in [0.25, 0.3) is 0 Å². The molecule has 1 atom stereocenters. The minimum absolute atomic E-state index is 0.222. The molecular formula is C17H31N3O. The maximum Gasteiger partial charge on any atom is 0.124 e. The Balaban J connectivity index is 2.83. The smallest absolute Gasteiger partial charge is 0.124 e. The summed E-state index contributed by atoms with van der Waals surface area (Å²) < 4.78 is 5.77. The van der Waals surface area contributed by atoms with Crippen molar-refractivity contribution < 1.29 is 4.74 Å². The van der Waals surface area contributed by atoms with Gasteiger partial charge in [-0.05, 0) is 46.6 Å². The summed E-state index contributed by atoms with van der Waals surface area (Å²) >= 11 is 0. The summed E-state index contributed by atoms with van der Waals surface area (Å²) in [6.45, 7) is 8.65. The standard InChI is InChI=1S/C17H31N3O/c1-5-20(13-9-12-19(3)4)16(14-18)15-10-7-8-11-17(15)21-6-2/h7-8,10-11,16H,5-6,9,12-14,18H2,1-4H3. The minimum Gasteiger partial charge on any atom is -0.494 e. The van der Waals surface area contributed by atoms with Crippen molar-refractivity contribution in [1.29, 1.82) is 0 Å². The van der Waals surface area contributed by atoms with Crippen molar-refractivity contribution in [2.24, 2.45) is 5.73 Å². The molecule has 0 aromatic heterocycles. The number of nitrogens with two attached hydrogens (primary N) is 1. The lowest BCUT2D eigenvalue weighted by Gasteiger charge is -2.31. The number of hydrogen-bond acceptors (Lipinski definition) is 4. The molecule has 0 spiro atoms. The fraction of sp³-hybridized carbons (Fsp3) is 0.647. The van der Waals surface area contributed by atoms with Crippen LogP contribution in [0.4, 0.5) is 0 Å². The summed E-state index contributed by atoms with van der Waals surface area (Å²) in [4.78, 5) is 4.67. The van der Waals surface area contributed by atoms with E-state index < -0.39 is 0 Å². The van der Waals surface area contributed by atoms with E-state index in [1.807, 2.05) is 19.1 Å². The van der Waals surface area contributed by atoms with E-state index in [2.05, 4.69) is 43.0 Å². The van der Waals surface area contributed by atoms with E-state index in [0.29, 0.717) is 13.2 Å². The van der Waals surface area contributed by atoms with Crippen molar-refractivity contribution in [1.82, 2.24) is 9.80 Å². The van der Waals surface area contributed by atoms with E-state index >= 15 is 0 Å². The largest absolute Gasteiger partial charge is 0.494 e. The highest BCUT2D eigenvalue weighted by molar-refractivity contribution is 5.36. The molecule has 0 aliphatic rings. The molecule has 21 heavy (non-hydrogen) atoms. The highest BCUT2D eigenvalue weighted by atomic mass is 16.5. The molecule has 0 saturated heterocycles. The Morgan fingerprint density at radius 1 is 1.14 bits per heavy atom. The minimum atomic E-state index is 0.222. The normalized spacial score (nSPS) is 12.9. The number of nitrogens with zero attached hydrogens (tertiary/aromatic N) is 2. The van der Waals surface area contributed by atoms with E-state index in [1.165, 1.54) is 5.56 Å². The number of ether oxygens (including phenoxy) is 1. The van der Waals surface area contributed by atoms with Gasteiger partial charge in [-0.15, -0.1) is 0 Å². The summed E-state index contributed by atoms with van der Waals surface area (Å²) in [7, 11) is 4.22. The van der Waals surface area contributed by atoms with Crippen LogP contribution in [0, 0.1) is 0 Å². The summed E-state index contributed by atoms with van der Waals surface area (Å²) in [5.41, 5.74) is 7.27. The van der Waals surface area contributed by atoms with Crippen molar-refractivity contribution in [2.75, 3.05) is 46.9 Å². The Morgan fingerprint density at radius 3 is 2.43 bits per heavy atom. The summed E-state index contributed by atoms with van der Waals surface area (Å²) in [6.07, 6.45) is 1.15. The highest BCUT2D eigenvalue weighted by Gasteiger charge is 2.20. The second-order valence-corrected chi connectivity index (χ2v) is 5.51. The van der Waals surface area contributed by atoms with E-state index in [9.17, 15) is 0 Å². The van der Waals surface area contributed by atoms with Crippen molar-refractivity contribution in [3.8, 4) is 5.75 Å². The van der Waals surface area contributed by atoms with Gasteiger partial charge in [-0.2, -0.15) is 0 Å². The Bertz CT molecular complexity index is 395. The molecule has 0 heterocycles. The average Bonchev–Trinajstić information content (AvgIpc) is 2.48. The van der Waals surface area contributed by atoms with Gasteiger partial charge in [-0.3, -0.25) is 4.90 Å². The van der Waals surface area contributed by atoms with Crippen LogP contribution < -0.4 is 10.5 Å². The molecule has 4 nitrogen and oxygen atoms in total. The molecule has 1 aromatic rings. The molecule has 1 unspecified atom stereocenters. The third-order valence-corrected chi connectivity index (χ3v) is 3.70. The van der Waals surface area contributed by atoms with Gasteiger partial charge in [0.2, 0.25) is 0 Å². The van der Waals surface area contributed by atoms with Crippen LogP contribution in [0.15, 0.2) is 24.3 Å². The van der Waals surface area contributed by atoms with E-state index in [1.54, 1.807) is 0 Å². The molecule has 0 aliphatic heterocycles. The fourth-order valence-electron chi connectivity index (χ4n) is 2.64. The van der Waals surface area contributed by atoms with Crippen LogP contribution in [0.1, 0.15) is 31.9 Å². The Kier molecular flexibility index (Phi) is 8.35. The van der Waals surface area contributed by atoms with Crippen molar-refractivity contribution in [2.45, 2.75) is 26.3 Å². The third-order valence-electron chi connectivity index (χ3n) is 3.70. The topological polar surface area (TPSA) is 41.7 Å². The highest BCUT2D eigenvalue weighted by Crippen LogP contribution is 2.28. The molecule has 1 rings (SSSR count). The quantitative estimate of drug-likeness (QED) is 0.719. The van der Waals surface area contributed by atoms with Crippen LogP contribution in [0.3, 0.4) is 0 Å². The van der Waals surface area contributed by atoms with E-state index in [0.717, 1.165) is 31.8 Å². The first-order valence-corrected chi connectivity index (χ1v) is 7.94. The number of hydrogen-bond donors (Lipinski definition) is 1. The van der Waals surface area contributed by atoms with Gasteiger partial charge in [-0.25, -0.2) is 0 Å². The first-order valence-electron chi connectivity index (χ1n) is 7.94. The molecule has 0 amide bonds. The third kappa shape index (κ3) is 5.65. The van der Waals surface area contributed by atoms with Crippen LogP contribution in [0.5, 0.6) is 5.75 Å². The van der Waals surface area contributed by atoms with Crippen LogP contribution >= 0.6 is 0 Å². The molecular weight excluding hydrogens is 262 g/mol. The predicted octanol–water partition coefficient (Wildman–Crippen LogP) is 2.36. The summed E-state index contributed by atoms with van der Waals surface area (Å²) in [6, 6.07) is 8.48. The zero-order chi connectivity index (χ0) is 15.7.